The molecular formula is C49H80O17. The van der Waals surface area contributed by atoms with Crippen LogP contribution in [0.15, 0.2) is 11.6 Å². The van der Waals surface area contributed by atoms with Crippen LogP contribution in [-0.2, 0) is 38.0 Å². The van der Waals surface area contributed by atoms with Crippen molar-refractivity contribution in [3.8, 4) is 0 Å². The Bertz CT molecular complexity index is 1780. The quantitative estimate of drug-likeness (QED) is 0.0860. The smallest absolute Gasteiger partial charge is 0.312 e. The van der Waals surface area contributed by atoms with E-state index < -0.39 is 103 Å². The molecule has 0 unspecified atom stereocenters. The molecule has 378 valence electrons. The first-order valence-electron chi connectivity index (χ1n) is 24.7. The monoisotopic (exact) mass is 941 g/mol. The first kappa shape index (κ1) is 51.0. The average Bonchev–Trinajstić information content (AvgIpc) is 3.26. The van der Waals surface area contributed by atoms with Crippen LogP contribution in [0.4, 0.5) is 0 Å². The molecule has 0 radical (unpaired) electrons. The lowest BCUT2D eigenvalue weighted by Crippen LogP contribution is -2.66. The van der Waals surface area contributed by atoms with Crippen LogP contribution in [0.3, 0.4) is 0 Å². The zero-order valence-corrected chi connectivity index (χ0v) is 40.2. The molecule has 9 N–H and O–H groups in total. The molecule has 4 saturated carbocycles. The molecule has 5 aliphatic carbocycles. The van der Waals surface area contributed by atoms with E-state index in [9.17, 15) is 50.8 Å². The molecule has 66 heavy (non-hydrogen) atoms. The summed E-state index contributed by atoms with van der Waals surface area (Å²) in [7, 11) is 0. The molecule has 0 aromatic rings. The standard InChI is InChI=1S/C49H80O17/c1-24-32(52)35(55)37(57)40(62-24)66-39-34(54)28(64-41-38(58)36(56)33(53)27(22-51)63-41)23-61-42(39)65-31-12-13-46(6)29(45(31,4)5)11-14-48(8)30(46)10-9-25-26-21-44(2,3)15-17-49(26,18-16-47(25,48)7)43(59)60-20-19-50/h9,24,26-42,50-58H,10-23H2,1-8H3/t24-,26-,27+,28-,29-,30+,31-,32-,33+,34-,35+,36-,37+,38+,39+,40-,41-,42-,46-,47+,48+,49-/m0/s1. The maximum absolute atomic E-state index is 14.0. The van der Waals surface area contributed by atoms with E-state index in [4.69, 9.17) is 33.2 Å². The number of aliphatic hydroxyl groups is 9. The number of carbonyl (C=O) groups excluding carboxylic acids is 1. The number of rotatable bonds is 10. The van der Waals surface area contributed by atoms with Gasteiger partial charge in [0.05, 0.1) is 37.4 Å². The summed E-state index contributed by atoms with van der Waals surface area (Å²) in [5.41, 5.74) is 0.260. The lowest BCUT2D eigenvalue weighted by Gasteiger charge is -2.71. The molecule has 3 heterocycles. The third-order valence-electron chi connectivity index (χ3n) is 19.3. The van der Waals surface area contributed by atoms with Gasteiger partial charge in [0.15, 0.2) is 18.9 Å². The van der Waals surface area contributed by atoms with Gasteiger partial charge in [-0.3, -0.25) is 4.79 Å². The van der Waals surface area contributed by atoms with Crippen molar-refractivity contribution in [2.24, 2.45) is 50.2 Å². The van der Waals surface area contributed by atoms with E-state index >= 15 is 0 Å². The molecule has 3 saturated heterocycles. The number of fused-ring (bicyclic) bond motifs is 7. The Balaban J connectivity index is 1.04. The summed E-state index contributed by atoms with van der Waals surface area (Å²) in [5, 5.41) is 94.9. The van der Waals surface area contributed by atoms with Crippen LogP contribution >= 0.6 is 0 Å². The number of hydrogen-bond donors (Lipinski definition) is 9. The third kappa shape index (κ3) is 8.16. The van der Waals surface area contributed by atoms with E-state index in [0.29, 0.717) is 12.3 Å². The van der Waals surface area contributed by atoms with Gasteiger partial charge in [-0.1, -0.05) is 60.1 Å². The van der Waals surface area contributed by atoms with Crippen LogP contribution in [-0.4, -0.2) is 170 Å². The predicted octanol–water partition coefficient (Wildman–Crippen LogP) is 1.82. The first-order valence-corrected chi connectivity index (χ1v) is 24.7. The molecule has 8 aliphatic rings. The minimum absolute atomic E-state index is 0.0150. The Hall–Kier alpha value is -1.39. The first-order chi connectivity index (χ1) is 30.9. The number of aliphatic hydroxyl groups excluding tert-OH is 9. The van der Waals surface area contributed by atoms with Gasteiger partial charge in [0.1, 0.15) is 67.6 Å². The Kier molecular flexibility index (Phi) is 14.2. The number of hydrogen-bond acceptors (Lipinski definition) is 17. The van der Waals surface area contributed by atoms with E-state index in [1.807, 2.05) is 0 Å². The molecule has 0 amide bonds. The molecule has 8 rings (SSSR count). The molecule has 0 aromatic heterocycles. The summed E-state index contributed by atoms with van der Waals surface area (Å²) in [6, 6.07) is 0. The zero-order chi connectivity index (χ0) is 48.1. The Morgan fingerprint density at radius 1 is 0.712 bits per heavy atom. The molecule has 3 aliphatic heterocycles. The van der Waals surface area contributed by atoms with Gasteiger partial charge in [-0.05, 0) is 116 Å². The number of ether oxygens (including phenoxy) is 7. The lowest BCUT2D eigenvalue weighted by molar-refractivity contribution is -0.380. The number of carbonyl (C=O) groups is 1. The molecule has 0 spiro atoms. The normalized spacial score (nSPS) is 52.2. The number of allylic oxidation sites excluding steroid dienone is 2. The van der Waals surface area contributed by atoms with Gasteiger partial charge in [0.2, 0.25) is 0 Å². The van der Waals surface area contributed by atoms with Crippen LogP contribution in [0.5, 0.6) is 0 Å². The summed E-state index contributed by atoms with van der Waals surface area (Å²) < 4.78 is 42.6. The highest BCUT2D eigenvalue weighted by Gasteiger charge is 2.70. The van der Waals surface area contributed by atoms with Crippen molar-refractivity contribution in [3.63, 3.8) is 0 Å². The molecule has 17 nitrogen and oxygen atoms in total. The minimum atomic E-state index is -1.75. The van der Waals surface area contributed by atoms with Gasteiger partial charge in [-0.25, -0.2) is 0 Å². The number of esters is 1. The summed E-state index contributed by atoms with van der Waals surface area (Å²) in [6.45, 7) is 16.9. The van der Waals surface area contributed by atoms with E-state index in [2.05, 4.69) is 54.5 Å². The highest BCUT2D eigenvalue weighted by atomic mass is 16.8. The van der Waals surface area contributed by atoms with E-state index in [1.165, 1.54) is 12.5 Å². The molecular weight excluding hydrogens is 861 g/mol. The summed E-state index contributed by atoms with van der Waals surface area (Å²) in [4.78, 5) is 14.0. The minimum Gasteiger partial charge on any atom is -0.463 e. The predicted molar refractivity (Wildman–Crippen MR) is 234 cm³/mol. The largest absolute Gasteiger partial charge is 0.463 e. The fraction of sp³-hybridized carbons (Fsp3) is 0.939. The highest BCUT2D eigenvalue weighted by Crippen LogP contribution is 2.76. The van der Waals surface area contributed by atoms with Crippen LogP contribution in [0.2, 0.25) is 0 Å². The van der Waals surface area contributed by atoms with Gasteiger partial charge in [0.25, 0.3) is 0 Å². The maximum atomic E-state index is 14.0. The van der Waals surface area contributed by atoms with E-state index in [1.54, 1.807) is 0 Å². The van der Waals surface area contributed by atoms with Crippen molar-refractivity contribution in [1.82, 2.24) is 0 Å². The summed E-state index contributed by atoms with van der Waals surface area (Å²) in [6.07, 6.45) is -9.86. The van der Waals surface area contributed by atoms with Gasteiger partial charge < -0.3 is 79.1 Å². The van der Waals surface area contributed by atoms with Crippen molar-refractivity contribution < 1.29 is 83.9 Å². The highest BCUT2D eigenvalue weighted by molar-refractivity contribution is 5.78. The zero-order valence-electron chi connectivity index (χ0n) is 40.2. The third-order valence-corrected chi connectivity index (χ3v) is 19.3. The second-order valence-corrected chi connectivity index (χ2v) is 23.6. The Morgan fingerprint density at radius 3 is 2.06 bits per heavy atom. The molecule has 7 fully saturated rings. The van der Waals surface area contributed by atoms with Crippen molar-refractivity contribution in [3.05, 3.63) is 11.6 Å². The van der Waals surface area contributed by atoms with Gasteiger partial charge in [-0.15, -0.1) is 0 Å². The van der Waals surface area contributed by atoms with Crippen molar-refractivity contribution in [1.29, 1.82) is 0 Å². The molecule has 0 bridgehead atoms. The fourth-order valence-electron chi connectivity index (χ4n) is 15.0. The van der Waals surface area contributed by atoms with Gasteiger partial charge >= 0.3 is 5.97 Å². The maximum Gasteiger partial charge on any atom is 0.312 e. The Morgan fingerprint density at radius 2 is 1.38 bits per heavy atom. The van der Waals surface area contributed by atoms with Crippen molar-refractivity contribution in [2.45, 2.75) is 212 Å². The van der Waals surface area contributed by atoms with E-state index in [0.717, 1.165) is 57.8 Å². The summed E-state index contributed by atoms with van der Waals surface area (Å²) in [5.74, 6) is 0.493. The SMILES string of the molecule is C[C@@H]1O[C@@H](O[C@H]2[C@H](O[C@H]3CC[C@]4(C)[C@H]5CC=C6[C@@H]7CC(C)(C)CC[C@]7(C(=O)OCCO)CC[C@@]6(C)[C@]5(C)CC[C@H]4C3(C)C)OC[C@H](O[C@@H]3O[C@H](CO)[C@@H](O)[C@H](O)[C@H]3O)[C@@H]2O)[C@H](O)[C@H](O)[C@H]1O. The van der Waals surface area contributed by atoms with Crippen LogP contribution in [0.1, 0.15) is 120 Å². The fourth-order valence-corrected chi connectivity index (χ4v) is 15.0. The van der Waals surface area contributed by atoms with Gasteiger partial charge in [-0.2, -0.15) is 0 Å². The van der Waals surface area contributed by atoms with Crippen LogP contribution in [0, 0.1) is 50.2 Å². The average molecular weight is 941 g/mol. The second-order valence-electron chi connectivity index (χ2n) is 23.6. The topological polar surface area (TPSA) is 264 Å². The Labute approximate surface area is 389 Å². The summed E-state index contributed by atoms with van der Waals surface area (Å²) >= 11 is 0. The van der Waals surface area contributed by atoms with Crippen molar-refractivity contribution in [2.75, 3.05) is 26.4 Å². The lowest BCUT2D eigenvalue weighted by atomic mass is 9.33. The molecule has 22 atom stereocenters. The second kappa shape index (κ2) is 18.3. The van der Waals surface area contributed by atoms with E-state index in [-0.39, 0.29) is 65.4 Å². The van der Waals surface area contributed by atoms with Gasteiger partial charge in [0, 0.05) is 0 Å². The molecule has 17 heteroatoms. The molecule has 0 aromatic carbocycles. The van der Waals surface area contributed by atoms with Crippen molar-refractivity contribution >= 4 is 5.97 Å². The van der Waals surface area contributed by atoms with Crippen LogP contribution < -0.4 is 0 Å². The van der Waals surface area contributed by atoms with Crippen LogP contribution in [0.25, 0.3) is 0 Å².